The number of ether oxygens (including phenoxy) is 2. The molecule has 0 aromatic rings. The first-order chi connectivity index (χ1) is 11.7. The van der Waals surface area contributed by atoms with Gasteiger partial charge in [0, 0.05) is 7.11 Å². The van der Waals surface area contributed by atoms with Crippen molar-refractivity contribution in [2.24, 2.45) is 0 Å². The molecule has 0 spiro atoms. The van der Waals surface area contributed by atoms with E-state index in [9.17, 15) is 5.11 Å². The lowest BCUT2D eigenvalue weighted by Gasteiger charge is -2.16. The van der Waals surface area contributed by atoms with Crippen LogP contribution in [0.5, 0.6) is 0 Å². The monoisotopic (exact) mass is 346 g/mol. The van der Waals surface area contributed by atoms with E-state index in [1.807, 2.05) is 0 Å². The number of aliphatic hydroxyl groups is 2. The van der Waals surface area contributed by atoms with Crippen molar-refractivity contribution in [1.29, 1.82) is 0 Å². The first-order valence-corrected chi connectivity index (χ1v) is 10.1. The molecule has 0 aromatic heterocycles. The summed E-state index contributed by atoms with van der Waals surface area (Å²) < 4.78 is 10.8. The van der Waals surface area contributed by atoms with Gasteiger partial charge in [-0.1, -0.05) is 84.0 Å². The highest BCUT2D eigenvalue weighted by atomic mass is 16.5. The SMILES string of the molecule is CCCCCCCCCCCCCC[C@H](COC[C@H](O)CO)OC. The van der Waals surface area contributed by atoms with Crippen LogP contribution in [0.3, 0.4) is 0 Å². The summed E-state index contributed by atoms with van der Waals surface area (Å²) in [5.41, 5.74) is 0. The molecule has 0 radical (unpaired) electrons. The third-order valence-corrected chi connectivity index (χ3v) is 4.54. The molecule has 0 aliphatic carbocycles. The minimum Gasteiger partial charge on any atom is -0.394 e. The smallest absolute Gasteiger partial charge is 0.100 e. The molecule has 0 heterocycles. The van der Waals surface area contributed by atoms with Gasteiger partial charge in [0.25, 0.3) is 0 Å². The second kappa shape index (κ2) is 19.2. The molecule has 24 heavy (non-hydrogen) atoms. The lowest BCUT2D eigenvalue weighted by molar-refractivity contribution is -0.0381. The second-order valence-electron chi connectivity index (χ2n) is 6.91. The largest absolute Gasteiger partial charge is 0.394 e. The fourth-order valence-corrected chi connectivity index (χ4v) is 2.87. The Morgan fingerprint density at radius 1 is 0.750 bits per heavy atom. The number of methoxy groups -OCH3 is 1. The molecular weight excluding hydrogens is 304 g/mol. The number of hydrogen-bond donors (Lipinski definition) is 2. The molecule has 146 valence electrons. The molecule has 0 aliphatic rings. The van der Waals surface area contributed by atoms with E-state index >= 15 is 0 Å². The summed E-state index contributed by atoms with van der Waals surface area (Å²) in [6, 6.07) is 0. The molecule has 0 rings (SSSR count). The molecular formula is C20H42O4. The van der Waals surface area contributed by atoms with Gasteiger partial charge < -0.3 is 19.7 Å². The highest BCUT2D eigenvalue weighted by Gasteiger charge is 2.09. The van der Waals surface area contributed by atoms with Gasteiger partial charge in [-0.15, -0.1) is 0 Å². The Kier molecular flexibility index (Phi) is 19.0. The van der Waals surface area contributed by atoms with E-state index in [1.165, 1.54) is 77.0 Å². The molecule has 4 nitrogen and oxygen atoms in total. The number of unbranched alkanes of at least 4 members (excludes halogenated alkanes) is 11. The quantitative estimate of drug-likeness (QED) is 0.339. The summed E-state index contributed by atoms with van der Waals surface area (Å²) in [7, 11) is 1.71. The van der Waals surface area contributed by atoms with Crippen LogP contribution in [-0.4, -0.2) is 49.4 Å². The predicted molar refractivity (Wildman–Crippen MR) is 100 cm³/mol. The standard InChI is InChI=1S/C20H42O4/c1-3-4-5-6-7-8-9-10-11-12-13-14-15-20(23-2)18-24-17-19(22)16-21/h19-22H,3-18H2,1-2H3/t19-,20-/m1/s1. The van der Waals surface area contributed by atoms with Crippen LogP contribution >= 0.6 is 0 Å². The molecule has 0 aromatic carbocycles. The number of hydrogen-bond acceptors (Lipinski definition) is 4. The fourth-order valence-electron chi connectivity index (χ4n) is 2.87. The zero-order valence-electron chi connectivity index (χ0n) is 16.2. The Hall–Kier alpha value is -0.160. The van der Waals surface area contributed by atoms with E-state index in [-0.39, 0.29) is 19.3 Å². The van der Waals surface area contributed by atoms with Gasteiger partial charge in [-0.3, -0.25) is 0 Å². The summed E-state index contributed by atoms with van der Waals surface area (Å²) in [6.45, 7) is 2.68. The molecule has 2 atom stereocenters. The van der Waals surface area contributed by atoms with Crippen molar-refractivity contribution in [2.45, 2.75) is 103 Å². The molecule has 0 fully saturated rings. The van der Waals surface area contributed by atoms with E-state index in [0.717, 1.165) is 6.42 Å². The Balaban J connectivity index is 3.29. The van der Waals surface area contributed by atoms with Crippen molar-refractivity contribution in [3.8, 4) is 0 Å². The average molecular weight is 347 g/mol. The summed E-state index contributed by atoms with van der Waals surface area (Å²) >= 11 is 0. The number of rotatable bonds is 19. The molecule has 0 bridgehead atoms. The third kappa shape index (κ3) is 16.7. The molecule has 0 saturated carbocycles. The first kappa shape index (κ1) is 23.8. The van der Waals surface area contributed by atoms with Crippen molar-refractivity contribution in [1.82, 2.24) is 0 Å². The van der Waals surface area contributed by atoms with E-state index < -0.39 is 6.10 Å². The minimum absolute atomic E-state index is 0.0963. The molecule has 0 aliphatic heterocycles. The maximum absolute atomic E-state index is 9.22. The Bertz CT molecular complexity index is 236. The van der Waals surface area contributed by atoms with Crippen molar-refractivity contribution >= 4 is 0 Å². The first-order valence-electron chi connectivity index (χ1n) is 10.1. The van der Waals surface area contributed by atoms with Gasteiger partial charge in [-0.25, -0.2) is 0 Å². The topological polar surface area (TPSA) is 58.9 Å². The van der Waals surface area contributed by atoms with Crippen LogP contribution < -0.4 is 0 Å². The Morgan fingerprint density at radius 3 is 1.71 bits per heavy atom. The molecule has 0 amide bonds. The molecule has 2 N–H and O–H groups in total. The lowest BCUT2D eigenvalue weighted by atomic mass is 10.0. The van der Waals surface area contributed by atoms with Crippen LogP contribution in [0.4, 0.5) is 0 Å². The highest BCUT2D eigenvalue weighted by molar-refractivity contribution is 4.59. The molecule has 0 unspecified atom stereocenters. The summed E-state index contributed by atoms with van der Waals surface area (Å²) in [4.78, 5) is 0. The maximum atomic E-state index is 9.22. The molecule has 4 heteroatoms. The van der Waals surface area contributed by atoms with Gasteiger partial charge >= 0.3 is 0 Å². The summed E-state index contributed by atoms with van der Waals surface area (Å²) in [6.07, 6.45) is 16.6. The molecule has 0 saturated heterocycles. The van der Waals surface area contributed by atoms with E-state index in [4.69, 9.17) is 14.6 Å². The van der Waals surface area contributed by atoms with Crippen molar-refractivity contribution in [2.75, 3.05) is 26.9 Å². The van der Waals surface area contributed by atoms with Gasteiger partial charge in [0.15, 0.2) is 0 Å². The minimum atomic E-state index is -0.783. The number of aliphatic hydroxyl groups excluding tert-OH is 2. The van der Waals surface area contributed by atoms with Crippen LogP contribution in [0.25, 0.3) is 0 Å². The van der Waals surface area contributed by atoms with Crippen molar-refractivity contribution in [3.63, 3.8) is 0 Å². The zero-order chi connectivity index (χ0) is 17.9. The van der Waals surface area contributed by atoms with Crippen molar-refractivity contribution < 1.29 is 19.7 Å². The third-order valence-electron chi connectivity index (χ3n) is 4.54. The van der Waals surface area contributed by atoms with Gasteiger partial charge in [0.05, 0.1) is 25.9 Å². The van der Waals surface area contributed by atoms with E-state index in [1.54, 1.807) is 7.11 Å². The lowest BCUT2D eigenvalue weighted by Crippen LogP contribution is -2.24. The summed E-state index contributed by atoms with van der Waals surface area (Å²) in [5.74, 6) is 0. The van der Waals surface area contributed by atoms with Crippen LogP contribution in [0.15, 0.2) is 0 Å². The van der Waals surface area contributed by atoms with E-state index in [0.29, 0.717) is 6.61 Å². The Labute approximate surface area is 149 Å². The van der Waals surface area contributed by atoms with Crippen LogP contribution in [-0.2, 0) is 9.47 Å². The van der Waals surface area contributed by atoms with Gasteiger partial charge in [-0.2, -0.15) is 0 Å². The zero-order valence-corrected chi connectivity index (χ0v) is 16.2. The summed E-state index contributed by atoms with van der Waals surface area (Å²) in [5, 5.41) is 17.9. The van der Waals surface area contributed by atoms with Crippen LogP contribution in [0.2, 0.25) is 0 Å². The van der Waals surface area contributed by atoms with Gasteiger partial charge in [-0.05, 0) is 6.42 Å². The predicted octanol–water partition coefficient (Wildman–Crippen LogP) is 4.46. The Morgan fingerprint density at radius 2 is 1.25 bits per heavy atom. The average Bonchev–Trinajstić information content (AvgIpc) is 2.60. The second-order valence-corrected chi connectivity index (χ2v) is 6.91. The van der Waals surface area contributed by atoms with Gasteiger partial charge in [0.1, 0.15) is 6.10 Å². The van der Waals surface area contributed by atoms with Crippen molar-refractivity contribution in [3.05, 3.63) is 0 Å². The maximum Gasteiger partial charge on any atom is 0.100 e. The van der Waals surface area contributed by atoms with E-state index in [2.05, 4.69) is 6.92 Å². The van der Waals surface area contributed by atoms with Crippen LogP contribution in [0, 0.1) is 0 Å². The normalized spacial score (nSPS) is 14.0. The van der Waals surface area contributed by atoms with Gasteiger partial charge in [0.2, 0.25) is 0 Å². The van der Waals surface area contributed by atoms with Crippen LogP contribution in [0.1, 0.15) is 90.4 Å². The highest BCUT2D eigenvalue weighted by Crippen LogP contribution is 2.13. The fraction of sp³-hybridized carbons (Fsp3) is 1.00.